The largest absolute Gasteiger partial charge is 0.487 e. The summed E-state index contributed by atoms with van der Waals surface area (Å²) in [7, 11) is 0. The van der Waals surface area contributed by atoms with Crippen LogP contribution in [0.2, 0.25) is 10.0 Å². The van der Waals surface area contributed by atoms with Gasteiger partial charge in [-0.3, -0.25) is 4.79 Å². The van der Waals surface area contributed by atoms with E-state index in [0.717, 1.165) is 51.6 Å². The highest BCUT2D eigenvalue weighted by atomic mass is 79.9. The van der Waals surface area contributed by atoms with Gasteiger partial charge in [0.2, 0.25) is 0 Å². The Balaban J connectivity index is 1.44. The van der Waals surface area contributed by atoms with Crippen LogP contribution in [-0.2, 0) is 6.61 Å². The Morgan fingerprint density at radius 1 is 1.00 bits per heavy atom. The van der Waals surface area contributed by atoms with Crippen molar-refractivity contribution in [1.82, 2.24) is 9.66 Å². The third-order valence-corrected chi connectivity index (χ3v) is 8.38. The van der Waals surface area contributed by atoms with E-state index in [2.05, 4.69) is 37.0 Å². The summed E-state index contributed by atoms with van der Waals surface area (Å²) in [6.07, 6.45) is 7.22. The second-order valence-corrected chi connectivity index (χ2v) is 11.6. The highest BCUT2D eigenvalue weighted by Gasteiger charge is 2.22. The predicted molar refractivity (Wildman–Crippen MR) is 157 cm³/mol. The van der Waals surface area contributed by atoms with Crippen molar-refractivity contribution in [2.45, 2.75) is 44.6 Å². The molecular formula is C28H23Br2Cl2N3O2. The minimum absolute atomic E-state index is 0.151. The number of halogens is 4. The van der Waals surface area contributed by atoms with E-state index in [-0.39, 0.29) is 11.5 Å². The molecule has 37 heavy (non-hydrogen) atoms. The fourth-order valence-electron chi connectivity index (χ4n) is 4.58. The quantitative estimate of drug-likeness (QED) is 0.194. The lowest BCUT2D eigenvalue weighted by Gasteiger charge is -2.22. The van der Waals surface area contributed by atoms with Gasteiger partial charge < -0.3 is 4.74 Å². The predicted octanol–water partition coefficient (Wildman–Crippen LogP) is 8.74. The summed E-state index contributed by atoms with van der Waals surface area (Å²) >= 11 is 19.3. The molecular weight excluding hydrogens is 641 g/mol. The minimum Gasteiger partial charge on any atom is -0.487 e. The molecule has 0 bridgehead atoms. The summed E-state index contributed by atoms with van der Waals surface area (Å²) in [4.78, 5) is 18.3. The molecule has 1 fully saturated rings. The van der Waals surface area contributed by atoms with Crippen molar-refractivity contribution in [3.8, 4) is 5.75 Å². The van der Waals surface area contributed by atoms with Gasteiger partial charge in [0.05, 0.1) is 36.1 Å². The molecule has 0 unspecified atom stereocenters. The molecule has 1 saturated carbocycles. The van der Waals surface area contributed by atoms with Gasteiger partial charge in [-0.25, -0.2) is 4.98 Å². The number of rotatable bonds is 6. The Hall–Kier alpha value is -2.19. The van der Waals surface area contributed by atoms with Crippen LogP contribution in [0.15, 0.2) is 73.4 Å². The van der Waals surface area contributed by atoms with Crippen LogP contribution in [0.4, 0.5) is 0 Å². The molecule has 190 valence electrons. The zero-order chi connectivity index (χ0) is 25.9. The third-order valence-electron chi connectivity index (χ3n) is 6.46. The van der Waals surface area contributed by atoms with Crippen molar-refractivity contribution < 1.29 is 4.74 Å². The highest BCUT2D eigenvalue weighted by Crippen LogP contribution is 2.36. The fourth-order valence-corrected chi connectivity index (χ4v) is 6.35. The van der Waals surface area contributed by atoms with Gasteiger partial charge in [-0.2, -0.15) is 9.78 Å². The molecule has 0 amide bonds. The maximum atomic E-state index is 13.4. The summed E-state index contributed by atoms with van der Waals surface area (Å²) in [6.45, 7) is 0.324. The normalized spacial score (nSPS) is 14.5. The van der Waals surface area contributed by atoms with Crippen LogP contribution in [0.3, 0.4) is 0 Å². The molecule has 1 aromatic heterocycles. The standard InChI is InChI=1S/C28H23Br2Cl2N3O2/c29-21-12-18(13-22(30)26(21)37-16-17-10-11-23(31)24(32)14-17)15-33-35-27(19-6-2-1-3-7-19)34-25-9-5-4-8-20(25)28(35)36/h4-5,8-15,19H,1-3,6-7,16H2. The third kappa shape index (κ3) is 5.95. The molecule has 3 aromatic carbocycles. The molecule has 0 saturated heterocycles. The zero-order valence-electron chi connectivity index (χ0n) is 19.8. The number of fused-ring (bicyclic) bond motifs is 1. The van der Waals surface area contributed by atoms with Crippen LogP contribution in [0, 0.1) is 0 Å². The second-order valence-electron chi connectivity index (χ2n) is 9.03. The van der Waals surface area contributed by atoms with E-state index in [1.54, 1.807) is 24.4 Å². The fraction of sp³-hybridized carbons (Fsp3) is 0.250. The molecule has 0 N–H and O–H groups in total. The van der Waals surface area contributed by atoms with Crippen molar-refractivity contribution in [2.75, 3.05) is 0 Å². The van der Waals surface area contributed by atoms with Gasteiger partial charge in [-0.05, 0) is 92.2 Å². The number of benzene rings is 3. The smallest absolute Gasteiger partial charge is 0.282 e. The SMILES string of the molecule is O=c1c2ccccc2nc(C2CCCCC2)n1N=Cc1cc(Br)c(OCc2ccc(Cl)c(Cl)c2)c(Br)c1. The van der Waals surface area contributed by atoms with Crippen molar-refractivity contribution in [1.29, 1.82) is 0 Å². The topological polar surface area (TPSA) is 56.5 Å². The van der Waals surface area contributed by atoms with E-state index in [4.69, 9.17) is 32.9 Å². The lowest BCUT2D eigenvalue weighted by atomic mass is 9.88. The number of aromatic nitrogens is 2. The zero-order valence-corrected chi connectivity index (χ0v) is 24.4. The van der Waals surface area contributed by atoms with Crippen LogP contribution in [0.1, 0.15) is 55.0 Å². The van der Waals surface area contributed by atoms with Gasteiger partial charge in [-0.1, -0.05) is 60.7 Å². The highest BCUT2D eigenvalue weighted by molar-refractivity contribution is 9.11. The average Bonchev–Trinajstić information content (AvgIpc) is 2.90. The molecule has 0 spiro atoms. The first-order valence-corrected chi connectivity index (χ1v) is 14.4. The van der Waals surface area contributed by atoms with Crippen molar-refractivity contribution in [3.63, 3.8) is 0 Å². The van der Waals surface area contributed by atoms with Crippen molar-refractivity contribution >= 4 is 72.2 Å². The lowest BCUT2D eigenvalue weighted by molar-refractivity contribution is 0.302. The van der Waals surface area contributed by atoms with Crippen molar-refractivity contribution in [3.05, 3.63) is 101 Å². The number of para-hydroxylation sites is 1. The Morgan fingerprint density at radius 3 is 2.46 bits per heavy atom. The summed E-state index contributed by atoms with van der Waals surface area (Å²) < 4.78 is 9.01. The van der Waals surface area contributed by atoms with E-state index in [1.165, 1.54) is 11.1 Å². The van der Waals surface area contributed by atoms with Gasteiger partial charge in [0.1, 0.15) is 18.2 Å². The van der Waals surface area contributed by atoms with E-state index < -0.39 is 0 Å². The maximum Gasteiger partial charge on any atom is 0.282 e. The lowest BCUT2D eigenvalue weighted by Crippen LogP contribution is -2.25. The molecule has 5 nitrogen and oxygen atoms in total. The van der Waals surface area contributed by atoms with Crippen molar-refractivity contribution in [2.24, 2.45) is 5.10 Å². The molecule has 4 aromatic rings. The molecule has 0 atom stereocenters. The average molecular weight is 664 g/mol. The number of hydrogen-bond acceptors (Lipinski definition) is 4. The molecule has 0 aliphatic heterocycles. The molecule has 1 heterocycles. The van der Waals surface area contributed by atoms with Gasteiger partial charge in [-0.15, -0.1) is 0 Å². The first kappa shape index (κ1) is 26.4. The summed E-state index contributed by atoms with van der Waals surface area (Å²) in [5, 5.41) is 6.18. The second kappa shape index (κ2) is 11.7. The number of ether oxygens (including phenoxy) is 1. The van der Waals surface area contributed by atoms with Gasteiger partial charge in [0.15, 0.2) is 0 Å². The molecule has 5 rings (SSSR count). The van der Waals surface area contributed by atoms with Crippen LogP contribution < -0.4 is 10.3 Å². The van der Waals surface area contributed by atoms with E-state index in [0.29, 0.717) is 33.3 Å². The Labute approximate surface area is 241 Å². The Kier molecular flexibility index (Phi) is 8.34. The van der Waals surface area contributed by atoms with Gasteiger partial charge in [0, 0.05) is 5.92 Å². The minimum atomic E-state index is -0.151. The Morgan fingerprint density at radius 2 is 1.73 bits per heavy atom. The Bertz CT molecular complexity index is 1530. The number of nitrogens with zero attached hydrogens (tertiary/aromatic N) is 3. The molecule has 1 aliphatic carbocycles. The first-order chi connectivity index (χ1) is 17.9. The van der Waals surface area contributed by atoms with E-state index in [9.17, 15) is 4.79 Å². The summed E-state index contributed by atoms with van der Waals surface area (Å²) in [5.41, 5.74) is 2.27. The van der Waals surface area contributed by atoms with Crippen LogP contribution in [0.25, 0.3) is 10.9 Å². The molecule has 1 aliphatic rings. The first-order valence-electron chi connectivity index (χ1n) is 12.0. The molecule has 9 heteroatoms. The molecule has 0 radical (unpaired) electrons. The summed E-state index contributed by atoms with van der Waals surface area (Å²) in [6, 6.07) is 16.7. The van der Waals surface area contributed by atoms with Crippen LogP contribution in [0.5, 0.6) is 5.75 Å². The van der Waals surface area contributed by atoms with Crippen LogP contribution in [-0.4, -0.2) is 15.9 Å². The van der Waals surface area contributed by atoms with E-state index in [1.807, 2.05) is 36.4 Å². The monoisotopic (exact) mass is 661 g/mol. The van der Waals surface area contributed by atoms with Gasteiger partial charge >= 0.3 is 0 Å². The van der Waals surface area contributed by atoms with E-state index >= 15 is 0 Å². The number of hydrogen-bond donors (Lipinski definition) is 0. The van der Waals surface area contributed by atoms with Crippen LogP contribution >= 0.6 is 55.1 Å². The maximum absolute atomic E-state index is 13.4. The van der Waals surface area contributed by atoms with Gasteiger partial charge in [0.25, 0.3) is 5.56 Å². The summed E-state index contributed by atoms with van der Waals surface area (Å²) in [5.74, 6) is 1.61.